The Hall–Kier alpha value is -0.570. The molecule has 0 bridgehead atoms. The third-order valence-electron chi connectivity index (χ3n) is 3.99. The Labute approximate surface area is 112 Å². The maximum Gasteiger partial charge on any atom is 0.220 e. The van der Waals surface area contributed by atoms with E-state index in [0.29, 0.717) is 18.4 Å². The van der Waals surface area contributed by atoms with Crippen molar-refractivity contribution in [3.63, 3.8) is 0 Å². The number of nitrogens with one attached hydrogen (secondary N) is 1. The van der Waals surface area contributed by atoms with Crippen LogP contribution in [0.2, 0.25) is 0 Å². The first kappa shape index (κ1) is 15.5. The summed E-state index contributed by atoms with van der Waals surface area (Å²) in [7, 11) is 0. The van der Waals surface area contributed by atoms with Crippen LogP contribution in [0.4, 0.5) is 0 Å². The number of carbonyl (C=O) groups is 1. The van der Waals surface area contributed by atoms with E-state index in [1.807, 2.05) is 0 Å². The second kappa shape index (κ2) is 9.37. The summed E-state index contributed by atoms with van der Waals surface area (Å²) in [5.41, 5.74) is 5.71. The van der Waals surface area contributed by atoms with Crippen molar-refractivity contribution in [3.05, 3.63) is 0 Å². The van der Waals surface area contributed by atoms with Crippen LogP contribution in [0.5, 0.6) is 0 Å². The van der Waals surface area contributed by atoms with Gasteiger partial charge in [-0.05, 0) is 38.1 Å². The molecule has 1 rings (SSSR count). The first-order valence-electron chi connectivity index (χ1n) is 7.75. The monoisotopic (exact) mass is 254 g/mol. The topological polar surface area (TPSA) is 55.1 Å². The van der Waals surface area contributed by atoms with Crippen molar-refractivity contribution in [3.8, 4) is 0 Å². The average Bonchev–Trinajstić information content (AvgIpc) is 2.38. The van der Waals surface area contributed by atoms with E-state index in [1.165, 1.54) is 38.5 Å². The van der Waals surface area contributed by atoms with Gasteiger partial charge in [0.1, 0.15) is 0 Å². The van der Waals surface area contributed by atoms with Crippen molar-refractivity contribution in [1.29, 1.82) is 0 Å². The predicted molar refractivity (Wildman–Crippen MR) is 76.3 cm³/mol. The molecule has 0 spiro atoms. The highest BCUT2D eigenvalue weighted by Crippen LogP contribution is 2.23. The molecule has 2 unspecified atom stereocenters. The molecule has 1 saturated carbocycles. The lowest BCUT2D eigenvalue weighted by atomic mass is 9.86. The van der Waals surface area contributed by atoms with Gasteiger partial charge in [-0.2, -0.15) is 0 Å². The van der Waals surface area contributed by atoms with Gasteiger partial charge in [-0.15, -0.1) is 0 Å². The smallest absolute Gasteiger partial charge is 0.220 e. The van der Waals surface area contributed by atoms with Crippen molar-refractivity contribution < 1.29 is 4.79 Å². The number of carbonyl (C=O) groups excluding carboxylic acids is 1. The predicted octanol–water partition coefficient (Wildman–Crippen LogP) is 2.98. The number of unbranched alkanes of at least 4 members (excludes halogenated alkanes) is 4. The maximum absolute atomic E-state index is 11.8. The zero-order valence-electron chi connectivity index (χ0n) is 11.9. The average molecular weight is 254 g/mol. The SMILES string of the molecule is CCCCCCCC(=O)NC1CCCC(CN)C1. The highest BCUT2D eigenvalue weighted by atomic mass is 16.1. The molecule has 0 aliphatic heterocycles. The molecule has 1 aliphatic rings. The molecular formula is C15H30N2O. The fraction of sp³-hybridized carbons (Fsp3) is 0.933. The van der Waals surface area contributed by atoms with Gasteiger partial charge in [0.15, 0.2) is 0 Å². The molecule has 1 aliphatic carbocycles. The summed E-state index contributed by atoms with van der Waals surface area (Å²) in [4.78, 5) is 11.8. The van der Waals surface area contributed by atoms with Gasteiger partial charge in [0.05, 0.1) is 0 Å². The summed E-state index contributed by atoms with van der Waals surface area (Å²) in [6.07, 6.45) is 11.4. The van der Waals surface area contributed by atoms with Gasteiger partial charge in [-0.1, -0.05) is 39.0 Å². The number of nitrogens with two attached hydrogens (primary N) is 1. The molecule has 0 radical (unpaired) electrons. The van der Waals surface area contributed by atoms with E-state index < -0.39 is 0 Å². The van der Waals surface area contributed by atoms with E-state index in [4.69, 9.17) is 5.73 Å². The van der Waals surface area contributed by atoms with Crippen LogP contribution in [0.15, 0.2) is 0 Å². The van der Waals surface area contributed by atoms with Crippen LogP contribution in [-0.4, -0.2) is 18.5 Å². The number of hydrogen-bond acceptors (Lipinski definition) is 2. The van der Waals surface area contributed by atoms with Gasteiger partial charge >= 0.3 is 0 Å². The number of rotatable bonds is 8. The number of hydrogen-bond donors (Lipinski definition) is 2. The summed E-state index contributed by atoms with van der Waals surface area (Å²) < 4.78 is 0. The molecule has 0 aromatic carbocycles. The van der Waals surface area contributed by atoms with Crippen molar-refractivity contribution in [2.24, 2.45) is 11.7 Å². The quantitative estimate of drug-likeness (QED) is 0.654. The van der Waals surface area contributed by atoms with E-state index in [1.54, 1.807) is 0 Å². The van der Waals surface area contributed by atoms with Crippen LogP contribution < -0.4 is 11.1 Å². The lowest BCUT2D eigenvalue weighted by Crippen LogP contribution is -2.39. The molecule has 0 saturated heterocycles. The van der Waals surface area contributed by atoms with Crippen molar-refractivity contribution in [2.75, 3.05) is 6.54 Å². The molecule has 2 atom stereocenters. The van der Waals surface area contributed by atoms with Crippen LogP contribution in [0.25, 0.3) is 0 Å². The van der Waals surface area contributed by atoms with E-state index in [0.717, 1.165) is 25.8 Å². The maximum atomic E-state index is 11.8. The minimum absolute atomic E-state index is 0.245. The van der Waals surface area contributed by atoms with Crippen LogP contribution >= 0.6 is 0 Å². The highest BCUT2D eigenvalue weighted by Gasteiger charge is 2.21. The number of amides is 1. The van der Waals surface area contributed by atoms with Gasteiger partial charge in [-0.3, -0.25) is 4.79 Å². The molecule has 106 valence electrons. The minimum Gasteiger partial charge on any atom is -0.353 e. The molecule has 3 nitrogen and oxygen atoms in total. The fourth-order valence-corrected chi connectivity index (χ4v) is 2.83. The molecule has 1 amide bonds. The molecule has 18 heavy (non-hydrogen) atoms. The summed E-state index contributed by atoms with van der Waals surface area (Å²) in [5.74, 6) is 0.864. The highest BCUT2D eigenvalue weighted by molar-refractivity contribution is 5.76. The molecule has 0 heterocycles. The van der Waals surface area contributed by atoms with Crippen molar-refractivity contribution >= 4 is 5.91 Å². The first-order chi connectivity index (χ1) is 8.76. The van der Waals surface area contributed by atoms with Crippen LogP contribution in [0.3, 0.4) is 0 Å². The summed E-state index contributed by atoms with van der Waals surface area (Å²) in [5, 5.41) is 3.18. The van der Waals surface area contributed by atoms with E-state index >= 15 is 0 Å². The molecule has 3 N–H and O–H groups in total. The zero-order chi connectivity index (χ0) is 13.2. The largest absolute Gasteiger partial charge is 0.353 e. The van der Waals surface area contributed by atoms with Crippen LogP contribution in [0, 0.1) is 5.92 Å². The van der Waals surface area contributed by atoms with Crippen LogP contribution in [-0.2, 0) is 4.79 Å². The normalized spacial score (nSPS) is 23.9. The molecule has 1 fully saturated rings. The second-order valence-corrected chi connectivity index (χ2v) is 5.70. The van der Waals surface area contributed by atoms with Gasteiger partial charge in [-0.25, -0.2) is 0 Å². The first-order valence-corrected chi connectivity index (χ1v) is 7.75. The Balaban J connectivity index is 2.08. The molecule has 0 aromatic rings. The zero-order valence-corrected chi connectivity index (χ0v) is 11.9. The van der Waals surface area contributed by atoms with E-state index in [-0.39, 0.29) is 5.91 Å². The standard InChI is InChI=1S/C15H30N2O/c1-2-3-4-5-6-10-15(18)17-14-9-7-8-13(11-14)12-16/h13-14H,2-12,16H2,1H3,(H,17,18). The minimum atomic E-state index is 0.245. The van der Waals surface area contributed by atoms with E-state index in [9.17, 15) is 4.79 Å². The van der Waals surface area contributed by atoms with Crippen molar-refractivity contribution in [1.82, 2.24) is 5.32 Å². The van der Waals surface area contributed by atoms with Crippen LogP contribution in [0.1, 0.15) is 71.1 Å². The summed E-state index contributed by atoms with van der Waals surface area (Å²) in [6, 6.07) is 0.385. The fourth-order valence-electron chi connectivity index (χ4n) is 2.83. The molecular weight excluding hydrogens is 224 g/mol. The summed E-state index contributed by atoms with van der Waals surface area (Å²) in [6.45, 7) is 2.98. The van der Waals surface area contributed by atoms with Gasteiger partial charge < -0.3 is 11.1 Å². The van der Waals surface area contributed by atoms with Gasteiger partial charge in [0.25, 0.3) is 0 Å². The lowest BCUT2D eigenvalue weighted by molar-refractivity contribution is -0.122. The Morgan fingerprint density at radius 3 is 2.72 bits per heavy atom. The molecule has 0 aromatic heterocycles. The Morgan fingerprint density at radius 2 is 2.00 bits per heavy atom. The van der Waals surface area contributed by atoms with Gasteiger partial charge in [0, 0.05) is 12.5 Å². The lowest BCUT2D eigenvalue weighted by Gasteiger charge is -2.28. The van der Waals surface area contributed by atoms with Crippen molar-refractivity contribution in [2.45, 2.75) is 77.2 Å². The van der Waals surface area contributed by atoms with Gasteiger partial charge in [0.2, 0.25) is 5.91 Å². The third-order valence-corrected chi connectivity index (χ3v) is 3.99. The molecule has 3 heteroatoms. The Kier molecular flexibility index (Phi) is 8.06. The Bertz CT molecular complexity index is 231. The Morgan fingerprint density at radius 1 is 1.22 bits per heavy atom. The van der Waals surface area contributed by atoms with E-state index in [2.05, 4.69) is 12.2 Å². The third kappa shape index (κ3) is 6.39. The summed E-state index contributed by atoms with van der Waals surface area (Å²) >= 11 is 0. The second-order valence-electron chi connectivity index (χ2n) is 5.70.